The first-order valence-corrected chi connectivity index (χ1v) is 9.66. The van der Waals surface area contributed by atoms with Gasteiger partial charge < -0.3 is 4.74 Å². The first-order chi connectivity index (χ1) is 13.9. The lowest BCUT2D eigenvalue weighted by molar-refractivity contribution is -0.123. The van der Waals surface area contributed by atoms with E-state index >= 15 is 0 Å². The topological polar surface area (TPSA) is 68.5 Å². The Morgan fingerprint density at radius 1 is 1.21 bits per heavy atom. The molecule has 0 atom stereocenters. The molecule has 1 amide bonds. The van der Waals surface area contributed by atoms with Crippen molar-refractivity contribution in [1.29, 1.82) is 0 Å². The Morgan fingerprint density at radius 2 is 1.97 bits per heavy atom. The van der Waals surface area contributed by atoms with E-state index in [9.17, 15) is 4.79 Å². The van der Waals surface area contributed by atoms with E-state index < -0.39 is 0 Å². The Morgan fingerprint density at radius 3 is 2.69 bits per heavy atom. The fraction of sp³-hybridized carbons (Fsp3) is 0.190. The molecule has 1 aromatic heterocycles. The van der Waals surface area contributed by atoms with E-state index in [0.29, 0.717) is 33.7 Å². The maximum absolute atomic E-state index is 11.9. The highest BCUT2D eigenvalue weighted by Gasteiger charge is 2.12. The second-order valence-corrected chi connectivity index (χ2v) is 7.27. The second kappa shape index (κ2) is 9.58. The van der Waals surface area contributed by atoms with E-state index in [-0.39, 0.29) is 12.5 Å². The largest absolute Gasteiger partial charge is 0.484 e. The van der Waals surface area contributed by atoms with Gasteiger partial charge in [-0.3, -0.25) is 4.79 Å². The summed E-state index contributed by atoms with van der Waals surface area (Å²) in [5.74, 6) is 0.261. The molecule has 150 valence electrons. The van der Waals surface area contributed by atoms with Crippen LogP contribution in [0.15, 0.2) is 53.6 Å². The number of carbonyl (C=O) groups excluding carboxylic acids is 1. The molecule has 1 heterocycles. The van der Waals surface area contributed by atoms with Crippen LogP contribution >= 0.6 is 23.2 Å². The Labute approximate surface area is 179 Å². The van der Waals surface area contributed by atoms with Crippen LogP contribution in [0.1, 0.15) is 22.4 Å². The van der Waals surface area contributed by atoms with Crippen molar-refractivity contribution in [2.24, 2.45) is 5.10 Å². The minimum absolute atomic E-state index is 0.136. The molecular weight excluding hydrogens is 411 g/mol. The molecule has 3 aromatic rings. The zero-order valence-corrected chi connectivity index (χ0v) is 17.5. The molecule has 3 rings (SSSR count). The number of rotatable bonds is 7. The maximum Gasteiger partial charge on any atom is 0.277 e. The summed E-state index contributed by atoms with van der Waals surface area (Å²) >= 11 is 12.3. The van der Waals surface area contributed by atoms with Crippen molar-refractivity contribution in [2.45, 2.75) is 20.4 Å². The number of hydrazone groups is 1. The van der Waals surface area contributed by atoms with E-state index in [1.54, 1.807) is 10.7 Å². The summed E-state index contributed by atoms with van der Waals surface area (Å²) in [6.45, 7) is 4.15. The summed E-state index contributed by atoms with van der Waals surface area (Å²) in [6.07, 6.45) is 1.48. The molecular formula is C21H20Cl2N4O2. The first-order valence-electron chi connectivity index (χ1n) is 8.91. The van der Waals surface area contributed by atoms with Gasteiger partial charge in [-0.05, 0) is 49.2 Å². The lowest BCUT2D eigenvalue weighted by atomic mass is 10.2. The van der Waals surface area contributed by atoms with Gasteiger partial charge in [-0.1, -0.05) is 47.5 Å². The van der Waals surface area contributed by atoms with Gasteiger partial charge in [-0.15, -0.1) is 0 Å². The number of nitrogens with zero attached hydrogens (tertiary/aromatic N) is 3. The van der Waals surface area contributed by atoms with Gasteiger partial charge >= 0.3 is 0 Å². The third kappa shape index (κ3) is 5.82. The van der Waals surface area contributed by atoms with Crippen molar-refractivity contribution in [3.8, 4) is 5.75 Å². The predicted molar refractivity (Wildman–Crippen MR) is 115 cm³/mol. The smallest absolute Gasteiger partial charge is 0.277 e. The van der Waals surface area contributed by atoms with Crippen molar-refractivity contribution in [3.05, 3.63) is 81.1 Å². The van der Waals surface area contributed by atoms with Gasteiger partial charge in [0.15, 0.2) is 6.61 Å². The van der Waals surface area contributed by atoms with Gasteiger partial charge in [-0.2, -0.15) is 10.2 Å². The number of halogens is 2. The molecule has 0 unspecified atom stereocenters. The summed E-state index contributed by atoms with van der Waals surface area (Å²) in [6, 6.07) is 14.9. The highest BCUT2D eigenvalue weighted by molar-refractivity contribution is 6.32. The molecule has 0 spiro atoms. The molecule has 6 nitrogen and oxygen atoms in total. The number of benzene rings is 2. The van der Waals surface area contributed by atoms with Gasteiger partial charge in [0.1, 0.15) is 10.9 Å². The highest BCUT2D eigenvalue weighted by atomic mass is 35.5. The number of nitrogens with one attached hydrogen (secondary N) is 1. The van der Waals surface area contributed by atoms with E-state index in [2.05, 4.69) is 15.6 Å². The fourth-order valence-electron chi connectivity index (χ4n) is 2.64. The van der Waals surface area contributed by atoms with Crippen LogP contribution in [-0.2, 0) is 11.3 Å². The van der Waals surface area contributed by atoms with Crippen LogP contribution in [0.25, 0.3) is 0 Å². The molecule has 0 bridgehead atoms. The minimum atomic E-state index is -0.370. The van der Waals surface area contributed by atoms with E-state index in [0.717, 1.165) is 11.1 Å². The quantitative estimate of drug-likeness (QED) is 0.446. The number of hydrogen-bond donors (Lipinski definition) is 1. The van der Waals surface area contributed by atoms with Crippen LogP contribution in [0, 0.1) is 13.8 Å². The van der Waals surface area contributed by atoms with Crippen molar-refractivity contribution in [3.63, 3.8) is 0 Å². The monoisotopic (exact) mass is 430 g/mol. The van der Waals surface area contributed by atoms with Gasteiger partial charge in [0.25, 0.3) is 5.91 Å². The zero-order chi connectivity index (χ0) is 20.8. The number of aromatic nitrogens is 2. The summed E-state index contributed by atoms with van der Waals surface area (Å²) in [7, 11) is 0. The third-order valence-electron chi connectivity index (χ3n) is 4.10. The van der Waals surface area contributed by atoms with Crippen molar-refractivity contribution >= 4 is 35.3 Å². The number of ether oxygens (including phenoxy) is 1. The summed E-state index contributed by atoms with van der Waals surface area (Å²) in [5.41, 5.74) is 5.85. The molecule has 0 radical (unpaired) electrons. The standard InChI is InChI=1S/C21H20Cl2N4O2/c1-14-4-3-5-18(10-14)29-13-20(28)25-24-11-19-15(2)26-27(21(19)23)12-16-6-8-17(22)9-7-16/h3-11H,12-13H2,1-2H3,(H,25,28)/b24-11+. The molecule has 0 saturated heterocycles. The highest BCUT2D eigenvalue weighted by Crippen LogP contribution is 2.20. The average molecular weight is 431 g/mol. The molecule has 29 heavy (non-hydrogen) atoms. The van der Waals surface area contributed by atoms with Crippen LogP contribution in [0.5, 0.6) is 5.75 Å². The van der Waals surface area contributed by atoms with Crippen LogP contribution in [0.4, 0.5) is 0 Å². The zero-order valence-electron chi connectivity index (χ0n) is 16.0. The van der Waals surface area contributed by atoms with Crippen molar-refractivity contribution < 1.29 is 9.53 Å². The van der Waals surface area contributed by atoms with Crippen LogP contribution < -0.4 is 10.2 Å². The molecule has 0 aliphatic rings. The summed E-state index contributed by atoms with van der Waals surface area (Å²) in [4.78, 5) is 11.9. The maximum atomic E-state index is 11.9. The van der Waals surface area contributed by atoms with Crippen molar-refractivity contribution in [1.82, 2.24) is 15.2 Å². The molecule has 1 N–H and O–H groups in total. The second-order valence-electron chi connectivity index (χ2n) is 6.47. The SMILES string of the molecule is Cc1cccc(OCC(=O)N/N=C/c2c(C)nn(Cc3ccc(Cl)cc3)c2Cl)c1. The predicted octanol–water partition coefficient (Wildman–Crippen LogP) is 4.38. The van der Waals surface area contributed by atoms with Gasteiger partial charge in [0.05, 0.1) is 24.0 Å². The molecule has 8 heteroatoms. The van der Waals surface area contributed by atoms with Gasteiger partial charge in [0.2, 0.25) is 0 Å². The van der Waals surface area contributed by atoms with Crippen LogP contribution in [0.3, 0.4) is 0 Å². The number of carbonyl (C=O) groups is 1. The van der Waals surface area contributed by atoms with Gasteiger partial charge in [-0.25, -0.2) is 10.1 Å². The minimum Gasteiger partial charge on any atom is -0.484 e. The molecule has 2 aromatic carbocycles. The van der Waals surface area contributed by atoms with E-state index in [4.69, 9.17) is 27.9 Å². The Bertz CT molecular complexity index is 1030. The molecule has 0 fully saturated rings. The van der Waals surface area contributed by atoms with E-state index in [1.807, 2.05) is 56.3 Å². The molecule has 0 saturated carbocycles. The van der Waals surface area contributed by atoms with Crippen LogP contribution in [0.2, 0.25) is 10.2 Å². The number of hydrogen-bond acceptors (Lipinski definition) is 4. The first kappa shape index (κ1) is 20.9. The normalized spacial score (nSPS) is 11.0. The molecule has 0 aliphatic heterocycles. The molecule has 0 aliphatic carbocycles. The Balaban J connectivity index is 1.58. The Hall–Kier alpha value is -2.83. The fourth-order valence-corrected chi connectivity index (χ4v) is 3.05. The van der Waals surface area contributed by atoms with Gasteiger partial charge in [0, 0.05) is 5.02 Å². The number of amides is 1. The number of aryl methyl sites for hydroxylation is 2. The third-order valence-corrected chi connectivity index (χ3v) is 4.75. The van der Waals surface area contributed by atoms with E-state index in [1.165, 1.54) is 6.21 Å². The van der Waals surface area contributed by atoms with Crippen molar-refractivity contribution in [2.75, 3.05) is 6.61 Å². The summed E-state index contributed by atoms with van der Waals surface area (Å²) < 4.78 is 7.11. The lowest BCUT2D eigenvalue weighted by Crippen LogP contribution is -2.24. The summed E-state index contributed by atoms with van der Waals surface area (Å²) in [5, 5.41) is 9.51. The lowest BCUT2D eigenvalue weighted by Gasteiger charge is -2.05. The van der Waals surface area contributed by atoms with Crippen LogP contribution in [-0.4, -0.2) is 28.5 Å². The average Bonchev–Trinajstić information content (AvgIpc) is 2.95. The Kier molecular flexibility index (Phi) is 6.90.